The molecule has 2 aromatic heterocycles. The van der Waals surface area contributed by atoms with Gasteiger partial charge in [0.25, 0.3) is 0 Å². The smallest absolute Gasteiger partial charge is 0.306 e. The van der Waals surface area contributed by atoms with Crippen LogP contribution in [0.5, 0.6) is 0 Å². The molecule has 1 atom stereocenters. The van der Waals surface area contributed by atoms with Crippen molar-refractivity contribution in [1.82, 2.24) is 30.0 Å². The van der Waals surface area contributed by atoms with E-state index < -0.39 is 11.9 Å². The highest BCUT2D eigenvalue weighted by atomic mass is 16.4. The number of rotatable bonds is 6. The highest BCUT2D eigenvalue weighted by Crippen LogP contribution is 2.20. The van der Waals surface area contributed by atoms with Crippen LogP contribution in [-0.2, 0) is 24.8 Å². The van der Waals surface area contributed by atoms with Gasteiger partial charge in [0.1, 0.15) is 0 Å². The van der Waals surface area contributed by atoms with Gasteiger partial charge in [0, 0.05) is 19.8 Å². The Morgan fingerprint density at radius 2 is 2.25 bits per heavy atom. The Morgan fingerprint density at radius 3 is 2.90 bits per heavy atom. The molecular formula is C12H18N6O2. The van der Waals surface area contributed by atoms with Crippen molar-refractivity contribution < 1.29 is 9.90 Å². The number of aliphatic carboxylic acids is 1. The topological polar surface area (TPSA) is 98.7 Å². The van der Waals surface area contributed by atoms with E-state index in [1.165, 1.54) is 0 Å². The van der Waals surface area contributed by atoms with Crippen LogP contribution in [0.1, 0.15) is 26.0 Å². The van der Waals surface area contributed by atoms with E-state index >= 15 is 0 Å². The van der Waals surface area contributed by atoms with Crippen molar-refractivity contribution in [1.29, 1.82) is 0 Å². The number of hydrogen-bond donors (Lipinski definition) is 1. The number of carboxylic acids is 1. The molecule has 1 unspecified atom stereocenters. The number of tetrazole rings is 1. The van der Waals surface area contributed by atoms with Gasteiger partial charge in [0.05, 0.1) is 17.2 Å². The van der Waals surface area contributed by atoms with Gasteiger partial charge in [-0.1, -0.05) is 13.8 Å². The van der Waals surface area contributed by atoms with Crippen LogP contribution < -0.4 is 0 Å². The molecule has 0 bridgehead atoms. The zero-order chi connectivity index (χ0) is 14.7. The summed E-state index contributed by atoms with van der Waals surface area (Å²) in [5, 5.41) is 24.9. The molecule has 2 heterocycles. The molecule has 108 valence electrons. The summed E-state index contributed by atoms with van der Waals surface area (Å²) < 4.78 is 3.36. The molecular weight excluding hydrogens is 260 g/mol. The normalized spacial score (nSPS) is 12.6. The van der Waals surface area contributed by atoms with Gasteiger partial charge in [-0.2, -0.15) is 5.10 Å². The van der Waals surface area contributed by atoms with Crippen molar-refractivity contribution in [3.63, 3.8) is 0 Å². The molecule has 2 aromatic rings. The second-order valence-corrected chi connectivity index (χ2v) is 4.77. The van der Waals surface area contributed by atoms with Gasteiger partial charge in [-0.15, -0.1) is 5.10 Å². The Balaban J connectivity index is 2.22. The maximum Gasteiger partial charge on any atom is 0.306 e. The molecule has 0 fully saturated rings. The third-order valence-electron chi connectivity index (χ3n) is 3.21. The molecule has 1 N–H and O–H groups in total. The largest absolute Gasteiger partial charge is 0.481 e. The minimum absolute atomic E-state index is 0.424. The molecule has 0 saturated heterocycles. The maximum absolute atomic E-state index is 10.8. The third kappa shape index (κ3) is 2.84. The van der Waals surface area contributed by atoms with Gasteiger partial charge in [-0.05, 0) is 23.3 Å². The SMILES string of the molecule is CCc1nn(C)cc1-c1nnnn1CCC(C)C(=O)O. The van der Waals surface area contributed by atoms with Crippen LogP contribution >= 0.6 is 0 Å². The lowest BCUT2D eigenvalue weighted by Gasteiger charge is -2.07. The van der Waals surface area contributed by atoms with Crippen LogP contribution in [0.15, 0.2) is 6.20 Å². The summed E-state index contributed by atoms with van der Waals surface area (Å²) in [4.78, 5) is 10.8. The molecule has 20 heavy (non-hydrogen) atoms. The molecule has 2 rings (SSSR count). The summed E-state index contributed by atoms with van der Waals surface area (Å²) in [6.45, 7) is 4.16. The number of carbonyl (C=O) groups is 1. The van der Waals surface area contributed by atoms with E-state index in [0.717, 1.165) is 17.7 Å². The fourth-order valence-corrected chi connectivity index (χ4v) is 1.97. The quantitative estimate of drug-likeness (QED) is 0.837. The second-order valence-electron chi connectivity index (χ2n) is 4.77. The van der Waals surface area contributed by atoms with Crippen molar-refractivity contribution >= 4 is 5.97 Å². The van der Waals surface area contributed by atoms with Crippen LogP contribution in [0.2, 0.25) is 0 Å². The average molecular weight is 278 g/mol. The zero-order valence-electron chi connectivity index (χ0n) is 11.8. The van der Waals surface area contributed by atoms with Gasteiger partial charge in [-0.25, -0.2) is 4.68 Å². The number of aromatic nitrogens is 6. The monoisotopic (exact) mass is 278 g/mol. The van der Waals surface area contributed by atoms with Gasteiger partial charge in [0.2, 0.25) is 0 Å². The second kappa shape index (κ2) is 5.81. The van der Waals surface area contributed by atoms with Crippen molar-refractivity contribution in [2.24, 2.45) is 13.0 Å². The first-order valence-corrected chi connectivity index (χ1v) is 6.54. The van der Waals surface area contributed by atoms with Crippen LogP contribution in [0.25, 0.3) is 11.4 Å². The molecule has 0 aliphatic carbocycles. The molecule has 0 aromatic carbocycles. The summed E-state index contributed by atoms with van der Waals surface area (Å²) >= 11 is 0. The summed E-state index contributed by atoms with van der Waals surface area (Å²) in [7, 11) is 1.85. The van der Waals surface area contributed by atoms with E-state index in [1.54, 1.807) is 16.3 Å². The van der Waals surface area contributed by atoms with Gasteiger partial charge in [0.15, 0.2) is 5.82 Å². The summed E-state index contributed by atoms with van der Waals surface area (Å²) in [5.41, 5.74) is 1.82. The molecule has 8 heteroatoms. The van der Waals surface area contributed by atoms with E-state index in [1.807, 2.05) is 20.2 Å². The van der Waals surface area contributed by atoms with Crippen LogP contribution in [0, 0.1) is 5.92 Å². The predicted octanol–water partition coefficient (Wildman–Crippen LogP) is 0.747. The fourth-order valence-electron chi connectivity index (χ4n) is 1.97. The Bertz CT molecular complexity index is 603. The van der Waals surface area contributed by atoms with Gasteiger partial charge < -0.3 is 5.11 Å². The molecule has 0 aliphatic rings. The first-order chi connectivity index (χ1) is 9.52. The molecule has 0 radical (unpaired) electrons. The minimum Gasteiger partial charge on any atom is -0.481 e. The van der Waals surface area contributed by atoms with Crippen molar-refractivity contribution in [2.45, 2.75) is 33.2 Å². The van der Waals surface area contributed by atoms with E-state index in [-0.39, 0.29) is 0 Å². The van der Waals surface area contributed by atoms with E-state index in [4.69, 9.17) is 5.11 Å². The lowest BCUT2D eigenvalue weighted by Crippen LogP contribution is -2.14. The van der Waals surface area contributed by atoms with E-state index in [0.29, 0.717) is 18.8 Å². The van der Waals surface area contributed by atoms with Crippen molar-refractivity contribution in [3.05, 3.63) is 11.9 Å². The Kier molecular flexibility index (Phi) is 4.11. The predicted molar refractivity (Wildman–Crippen MR) is 70.8 cm³/mol. The summed E-state index contributed by atoms with van der Waals surface area (Å²) in [6.07, 6.45) is 3.14. The lowest BCUT2D eigenvalue weighted by atomic mass is 10.1. The highest BCUT2D eigenvalue weighted by molar-refractivity contribution is 5.69. The Labute approximate surface area is 116 Å². The van der Waals surface area contributed by atoms with Gasteiger partial charge in [-0.3, -0.25) is 9.48 Å². The Morgan fingerprint density at radius 1 is 1.50 bits per heavy atom. The number of carboxylic acid groups (broad SMARTS) is 1. The van der Waals surface area contributed by atoms with Gasteiger partial charge >= 0.3 is 5.97 Å². The van der Waals surface area contributed by atoms with E-state index in [2.05, 4.69) is 20.6 Å². The average Bonchev–Trinajstić information content (AvgIpc) is 3.01. The molecule has 0 spiro atoms. The van der Waals surface area contributed by atoms with E-state index in [9.17, 15) is 4.79 Å². The van der Waals surface area contributed by atoms with Crippen molar-refractivity contribution in [3.8, 4) is 11.4 Å². The third-order valence-corrected chi connectivity index (χ3v) is 3.21. The fraction of sp³-hybridized carbons (Fsp3) is 0.583. The summed E-state index contributed by atoms with van der Waals surface area (Å²) in [5.74, 6) is -0.602. The first kappa shape index (κ1) is 14.2. The minimum atomic E-state index is -0.810. The standard InChI is InChI=1S/C12H18N6O2/c1-4-10-9(7-17(3)14-10)11-13-15-16-18(11)6-5-8(2)12(19)20/h7-8H,4-6H2,1-3H3,(H,19,20). The summed E-state index contributed by atoms with van der Waals surface area (Å²) in [6, 6.07) is 0. The van der Waals surface area contributed by atoms with Crippen molar-refractivity contribution in [2.75, 3.05) is 0 Å². The van der Waals surface area contributed by atoms with Crippen LogP contribution in [0.3, 0.4) is 0 Å². The maximum atomic E-state index is 10.8. The molecule has 0 amide bonds. The molecule has 0 saturated carbocycles. The lowest BCUT2D eigenvalue weighted by molar-refractivity contribution is -0.141. The molecule has 8 nitrogen and oxygen atoms in total. The first-order valence-electron chi connectivity index (χ1n) is 6.54. The van der Waals surface area contributed by atoms with Crippen LogP contribution in [0.4, 0.5) is 0 Å². The Hall–Kier alpha value is -2.25. The van der Waals surface area contributed by atoms with Crippen LogP contribution in [-0.4, -0.2) is 41.1 Å². The zero-order valence-corrected chi connectivity index (χ0v) is 11.8. The number of hydrogen-bond acceptors (Lipinski definition) is 5. The molecule has 0 aliphatic heterocycles. The number of aryl methyl sites for hydroxylation is 3. The highest BCUT2D eigenvalue weighted by Gasteiger charge is 2.17. The number of nitrogens with zero attached hydrogens (tertiary/aromatic N) is 6.